The number of β-amino-alcohol motifs (C(OH)–C–C–N with tert-alkyl or cyclic N) is 1. The number of hydrogen-bond acceptors (Lipinski definition) is 4. The Morgan fingerprint density at radius 3 is 2.76 bits per heavy atom. The molecule has 6 nitrogen and oxygen atoms in total. The number of aliphatic hydroxyl groups is 1. The van der Waals surface area contributed by atoms with Gasteiger partial charge in [0.25, 0.3) is 0 Å². The third kappa shape index (κ3) is 3.16. The van der Waals surface area contributed by atoms with Gasteiger partial charge in [0, 0.05) is 12.7 Å². The van der Waals surface area contributed by atoms with Crippen molar-refractivity contribution in [3.05, 3.63) is 48.0 Å². The summed E-state index contributed by atoms with van der Waals surface area (Å²) in [5, 5.41) is 18.4. The molecule has 1 N–H and O–H groups in total. The highest BCUT2D eigenvalue weighted by atomic mass is 19.1. The number of rotatable bonds is 5. The van der Waals surface area contributed by atoms with Gasteiger partial charge in [-0.25, -0.2) is 9.07 Å². The monoisotopic (exact) mass is 344 g/mol. The topological polar surface area (TPSA) is 71.2 Å². The average Bonchev–Trinajstić information content (AvgIpc) is 3.00. The molecule has 7 heteroatoms. The number of hydrogen-bond donors (Lipinski definition) is 1. The van der Waals surface area contributed by atoms with Crippen LogP contribution in [0.15, 0.2) is 36.7 Å². The lowest BCUT2D eigenvalue weighted by Gasteiger charge is -2.26. The van der Waals surface area contributed by atoms with Gasteiger partial charge in [-0.1, -0.05) is 23.4 Å². The van der Waals surface area contributed by atoms with Gasteiger partial charge in [0.2, 0.25) is 5.91 Å². The number of benzene rings is 1. The number of nitrogens with zero attached hydrogens (tertiary/aromatic N) is 4. The molecule has 1 aliphatic carbocycles. The summed E-state index contributed by atoms with van der Waals surface area (Å²) in [6.45, 7) is 1.12. The standard InChI is InChI=1S/C18H21FN4O2/c19-15-4-2-1-3-14(15)11-17(5-6-17)16(24)22-9-7-18(25,12-22)13-23-10-8-20-21-23/h1-4,8,10,25H,5-7,9,11-13H2. The number of amides is 1. The number of likely N-dealkylation sites (tertiary alicyclic amines) is 1. The van der Waals surface area contributed by atoms with Crippen LogP contribution in [0.4, 0.5) is 4.39 Å². The van der Waals surface area contributed by atoms with E-state index in [4.69, 9.17) is 0 Å². The van der Waals surface area contributed by atoms with Crippen LogP contribution < -0.4 is 0 Å². The van der Waals surface area contributed by atoms with Crippen molar-refractivity contribution >= 4 is 5.91 Å². The minimum Gasteiger partial charge on any atom is -0.386 e. The maximum absolute atomic E-state index is 13.9. The van der Waals surface area contributed by atoms with E-state index in [0.29, 0.717) is 31.5 Å². The molecular formula is C18H21FN4O2. The van der Waals surface area contributed by atoms with Crippen LogP contribution in [0, 0.1) is 11.2 Å². The van der Waals surface area contributed by atoms with Crippen molar-refractivity contribution in [2.24, 2.45) is 5.41 Å². The second-order valence-corrected chi connectivity index (χ2v) is 7.35. The van der Waals surface area contributed by atoms with Crippen LogP contribution in [0.25, 0.3) is 0 Å². The Labute approximate surface area is 145 Å². The first-order chi connectivity index (χ1) is 12.0. The van der Waals surface area contributed by atoms with Crippen molar-refractivity contribution in [3.8, 4) is 0 Å². The summed E-state index contributed by atoms with van der Waals surface area (Å²) in [5.41, 5.74) is -0.900. The molecule has 1 aromatic heterocycles. The quantitative estimate of drug-likeness (QED) is 0.890. The molecule has 1 saturated carbocycles. The smallest absolute Gasteiger partial charge is 0.229 e. The average molecular weight is 344 g/mol. The summed E-state index contributed by atoms with van der Waals surface area (Å²) >= 11 is 0. The normalized spacial score (nSPS) is 24.5. The zero-order valence-electron chi connectivity index (χ0n) is 13.9. The van der Waals surface area contributed by atoms with Crippen molar-refractivity contribution in [2.75, 3.05) is 13.1 Å². The van der Waals surface area contributed by atoms with Crippen molar-refractivity contribution in [1.82, 2.24) is 19.9 Å². The van der Waals surface area contributed by atoms with Gasteiger partial charge in [-0.15, -0.1) is 5.10 Å². The summed E-state index contributed by atoms with van der Waals surface area (Å²) in [6, 6.07) is 6.63. The lowest BCUT2D eigenvalue weighted by Crippen LogP contribution is -2.42. The molecule has 1 aliphatic heterocycles. The van der Waals surface area contributed by atoms with Gasteiger partial charge < -0.3 is 10.0 Å². The zero-order chi connectivity index (χ0) is 17.5. The molecule has 2 fully saturated rings. The summed E-state index contributed by atoms with van der Waals surface area (Å²) < 4.78 is 15.5. The fraction of sp³-hybridized carbons (Fsp3) is 0.500. The first-order valence-corrected chi connectivity index (χ1v) is 8.59. The molecule has 0 radical (unpaired) electrons. The van der Waals surface area contributed by atoms with Crippen LogP contribution in [-0.4, -0.2) is 49.6 Å². The fourth-order valence-corrected chi connectivity index (χ4v) is 3.74. The number of carbonyl (C=O) groups excluding carboxylic acids is 1. The third-order valence-corrected chi connectivity index (χ3v) is 5.34. The van der Waals surface area contributed by atoms with Gasteiger partial charge in [-0.05, 0) is 37.3 Å². The molecule has 0 spiro atoms. The van der Waals surface area contributed by atoms with Gasteiger partial charge >= 0.3 is 0 Å². The predicted molar refractivity (Wildman–Crippen MR) is 87.9 cm³/mol. The first-order valence-electron chi connectivity index (χ1n) is 8.59. The van der Waals surface area contributed by atoms with Crippen molar-refractivity contribution in [3.63, 3.8) is 0 Å². The zero-order valence-corrected chi connectivity index (χ0v) is 13.9. The van der Waals surface area contributed by atoms with Gasteiger partial charge in [0.05, 0.1) is 24.7 Å². The highest BCUT2D eigenvalue weighted by Gasteiger charge is 2.54. The molecule has 25 heavy (non-hydrogen) atoms. The molecule has 1 saturated heterocycles. The molecule has 4 rings (SSSR count). The van der Waals surface area contributed by atoms with E-state index in [2.05, 4.69) is 10.3 Å². The van der Waals surface area contributed by atoms with Gasteiger partial charge in [-0.2, -0.15) is 0 Å². The van der Waals surface area contributed by atoms with Crippen LogP contribution in [0.2, 0.25) is 0 Å². The second-order valence-electron chi connectivity index (χ2n) is 7.35. The number of carbonyl (C=O) groups is 1. The Bertz CT molecular complexity index is 775. The van der Waals surface area contributed by atoms with Gasteiger partial charge in [0.1, 0.15) is 11.4 Å². The Hall–Kier alpha value is -2.28. The Balaban J connectivity index is 1.44. The number of halogens is 1. The minimum atomic E-state index is -0.989. The van der Waals surface area contributed by atoms with Crippen molar-refractivity contribution in [1.29, 1.82) is 0 Å². The van der Waals surface area contributed by atoms with Gasteiger partial charge in [0.15, 0.2) is 0 Å². The van der Waals surface area contributed by atoms with Crippen LogP contribution in [0.3, 0.4) is 0 Å². The van der Waals surface area contributed by atoms with E-state index in [-0.39, 0.29) is 18.3 Å². The van der Waals surface area contributed by atoms with Crippen LogP contribution in [-0.2, 0) is 17.8 Å². The molecule has 2 heterocycles. The maximum atomic E-state index is 13.9. The molecule has 1 aromatic carbocycles. The largest absolute Gasteiger partial charge is 0.386 e. The molecular weight excluding hydrogens is 323 g/mol. The molecule has 2 aliphatic rings. The molecule has 0 bridgehead atoms. The van der Waals surface area contributed by atoms with E-state index in [1.54, 1.807) is 40.2 Å². The van der Waals surface area contributed by atoms with E-state index < -0.39 is 11.0 Å². The summed E-state index contributed by atoms with van der Waals surface area (Å²) in [4.78, 5) is 14.7. The highest BCUT2D eigenvalue weighted by Crippen LogP contribution is 2.50. The SMILES string of the molecule is O=C(N1CCC(O)(Cn2ccnn2)C1)C1(Cc2ccccc2F)CC1. The van der Waals surface area contributed by atoms with Crippen LogP contribution >= 0.6 is 0 Å². The van der Waals surface area contributed by atoms with E-state index >= 15 is 0 Å². The fourth-order valence-electron chi connectivity index (χ4n) is 3.74. The van der Waals surface area contributed by atoms with Gasteiger partial charge in [-0.3, -0.25) is 4.79 Å². The highest BCUT2D eigenvalue weighted by molar-refractivity contribution is 5.86. The second kappa shape index (κ2) is 5.91. The van der Waals surface area contributed by atoms with E-state index in [1.807, 2.05) is 0 Å². The molecule has 1 atom stereocenters. The van der Waals surface area contributed by atoms with E-state index in [9.17, 15) is 14.3 Å². The molecule has 132 valence electrons. The molecule has 1 amide bonds. The Morgan fingerprint density at radius 2 is 2.08 bits per heavy atom. The molecule has 1 unspecified atom stereocenters. The Morgan fingerprint density at radius 1 is 1.28 bits per heavy atom. The predicted octanol–water partition coefficient (Wildman–Crippen LogP) is 1.40. The van der Waals surface area contributed by atoms with Crippen molar-refractivity contribution < 1.29 is 14.3 Å². The summed E-state index contributed by atoms with van der Waals surface area (Å²) in [6.07, 6.45) is 5.75. The number of aromatic nitrogens is 3. The van der Waals surface area contributed by atoms with Crippen LogP contribution in [0.5, 0.6) is 0 Å². The summed E-state index contributed by atoms with van der Waals surface area (Å²) in [5.74, 6) is -0.226. The Kier molecular flexibility index (Phi) is 3.83. The minimum absolute atomic E-state index is 0.0327. The first kappa shape index (κ1) is 16.2. The summed E-state index contributed by atoms with van der Waals surface area (Å²) in [7, 11) is 0. The maximum Gasteiger partial charge on any atom is 0.229 e. The lowest BCUT2D eigenvalue weighted by atomic mass is 9.94. The third-order valence-electron chi connectivity index (χ3n) is 5.34. The van der Waals surface area contributed by atoms with Crippen molar-refractivity contribution in [2.45, 2.75) is 37.8 Å². The van der Waals surface area contributed by atoms with Crippen LogP contribution in [0.1, 0.15) is 24.8 Å². The van der Waals surface area contributed by atoms with E-state index in [0.717, 1.165) is 12.8 Å². The van der Waals surface area contributed by atoms with E-state index in [1.165, 1.54) is 6.07 Å². The lowest BCUT2D eigenvalue weighted by molar-refractivity contribution is -0.137. The molecule has 2 aromatic rings.